The van der Waals surface area contributed by atoms with Gasteiger partial charge in [-0.05, 0) is 48.7 Å². The molecule has 4 nitrogen and oxygen atoms in total. The van der Waals surface area contributed by atoms with Crippen molar-refractivity contribution in [3.8, 4) is 0 Å². The van der Waals surface area contributed by atoms with E-state index in [0.717, 1.165) is 29.8 Å². The summed E-state index contributed by atoms with van der Waals surface area (Å²) in [7, 11) is 1.82. The van der Waals surface area contributed by atoms with Gasteiger partial charge < -0.3 is 9.80 Å². The molecular weight excluding hydrogens is 348 g/mol. The molecule has 0 bridgehead atoms. The lowest BCUT2D eigenvalue weighted by molar-refractivity contribution is -0.131. The molecule has 136 valence electrons. The Morgan fingerprint density at radius 2 is 1.81 bits per heavy atom. The normalized spacial score (nSPS) is 15.2. The van der Waals surface area contributed by atoms with Crippen molar-refractivity contribution in [2.45, 2.75) is 32.2 Å². The largest absolute Gasteiger partial charge is 0.339 e. The van der Waals surface area contributed by atoms with Gasteiger partial charge >= 0.3 is 0 Å². The maximum absolute atomic E-state index is 12.6. The molecular formula is C21H23ClN2O2. The second kappa shape index (κ2) is 7.92. The number of carbonyl (C=O) groups is 2. The molecule has 3 rings (SSSR count). The van der Waals surface area contributed by atoms with Gasteiger partial charge in [-0.15, -0.1) is 0 Å². The lowest BCUT2D eigenvalue weighted by Crippen LogP contribution is -2.31. The van der Waals surface area contributed by atoms with E-state index in [9.17, 15) is 9.59 Å². The summed E-state index contributed by atoms with van der Waals surface area (Å²) < 4.78 is 0. The number of rotatable bonds is 5. The molecule has 0 aliphatic carbocycles. The fourth-order valence-corrected chi connectivity index (χ4v) is 3.32. The number of amides is 2. The lowest BCUT2D eigenvalue weighted by atomic mass is 10.1. The van der Waals surface area contributed by atoms with E-state index < -0.39 is 0 Å². The molecule has 1 saturated heterocycles. The van der Waals surface area contributed by atoms with Crippen LogP contribution in [0.2, 0.25) is 5.02 Å². The van der Waals surface area contributed by atoms with Crippen LogP contribution >= 0.6 is 11.6 Å². The molecule has 1 fully saturated rings. The molecule has 0 radical (unpaired) electrons. The molecule has 5 heteroatoms. The summed E-state index contributed by atoms with van der Waals surface area (Å²) in [5, 5.41) is 0.687. The number of halogens is 1. The van der Waals surface area contributed by atoms with Crippen LogP contribution in [0, 0.1) is 0 Å². The van der Waals surface area contributed by atoms with Crippen LogP contribution in [0.15, 0.2) is 48.5 Å². The molecule has 2 aromatic rings. The molecule has 0 aromatic heterocycles. The van der Waals surface area contributed by atoms with Gasteiger partial charge in [0.25, 0.3) is 0 Å². The monoisotopic (exact) mass is 370 g/mol. The van der Waals surface area contributed by atoms with Crippen LogP contribution in [0.25, 0.3) is 0 Å². The molecule has 2 aromatic carbocycles. The number of nitrogens with zero attached hydrogens (tertiary/aromatic N) is 2. The zero-order valence-electron chi connectivity index (χ0n) is 15.1. The zero-order valence-corrected chi connectivity index (χ0v) is 15.9. The smallest absolute Gasteiger partial charge is 0.227 e. The Kier molecular flexibility index (Phi) is 5.62. The first-order valence-corrected chi connectivity index (χ1v) is 9.24. The summed E-state index contributed by atoms with van der Waals surface area (Å²) in [5.74, 6) is 0.225. The average Bonchev–Trinajstić information content (AvgIpc) is 3.07. The van der Waals surface area contributed by atoms with E-state index in [4.69, 9.17) is 11.6 Å². The molecule has 1 unspecified atom stereocenters. The molecule has 1 heterocycles. The highest BCUT2D eigenvalue weighted by atomic mass is 35.5. The van der Waals surface area contributed by atoms with Crippen LogP contribution in [-0.2, 0) is 16.0 Å². The fraction of sp³-hybridized carbons (Fsp3) is 0.333. The van der Waals surface area contributed by atoms with Crippen molar-refractivity contribution in [3.63, 3.8) is 0 Å². The van der Waals surface area contributed by atoms with E-state index in [0.29, 0.717) is 17.9 Å². The Bertz CT molecular complexity index is 787. The number of hydrogen-bond acceptors (Lipinski definition) is 2. The van der Waals surface area contributed by atoms with Crippen molar-refractivity contribution in [1.82, 2.24) is 4.90 Å². The Balaban J connectivity index is 1.63. The van der Waals surface area contributed by atoms with Crippen LogP contribution in [0.1, 0.15) is 36.9 Å². The summed E-state index contributed by atoms with van der Waals surface area (Å²) in [4.78, 5) is 28.0. The number of hydrogen-bond donors (Lipinski definition) is 0. The minimum absolute atomic E-state index is 0.0266. The summed E-state index contributed by atoms with van der Waals surface area (Å²) in [6.45, 7) is 2.78. The second-order valence-corrected chi connectivity index (χ2v) is 7.16. The van der Waals surface area contributed by atoms with Crippen molar-refractivity contribution in [2.75, 3.05) is 18.5 Å². The van der Waals surface area contributed by atoms with Gasteiger partial charge in [-0.2, -0.15) is 0 Å². The van der Waals surface area contributed by atoms with Gasteiger partial charge in [-0.1, -0.05) is 35.9 Å². The molecule has 1 aliphatic heterocycles. The third kappa shape index (κ3) is 4.07. The van der Waals surface area contributed by atoms with Crippen molar-refractivity contribution < 1.29 is 9.59 Å². The molecule has 0 N–H and O–H groups in total. The third-order valence-corrected chi connectivity index (χ3v) is 5.26. The zero-order chi connectivity index (χ0) is 18.7. The highest BCUT2D eigenvalue weighted by Gasteiger charge is 2.22. The summed E-state index contributed by atoms with van der Waals surface area (Å²) >= 11 is 5.93. The quantitative estimate of drug-likeness (QED) is 0.790. The number of anilines is 1. The van der Waals surface area contributed by atoms with E-state index in [1.54, 1.807) is 9.80 Å². The molecule has 0 saturated carbocycles. The Hall–Kier alpha value is -2.33. The second-order valence-electron chi connectivity index (χ2n) is 6.72. The van der Waals surface area contributed by atoms with Crippen molar-refractivity contribution in [2.24, 2.45) is 0 Å². The first-order chi connectivity index (χ1) is 12.5. The predicted octanol–water partition coefficient (Wildman–Crippen LogP) is 4.23. The number of carbonyl (C=O) groups excluding carboxylic acids is 2. The van der Waals surface area contributed by atoms with Crippen LogP contribution in [0.3, 0.4) is 0 Å². The Labute approximate surface area is 159 Å². The molecule has 1 aliphatic rings. The van der Waals surface area contributed by atoms with E-state index in [1.807, 2.05) is 62.5 Å². The highest BCUT2D eigenvalue weighted by Crippen LogP contribution is 2.24. The van der Waals surface area contributed by atoms with E-state index in [-0.39, 0.29) is 17.9 Å². The molecule has 2 amide bonds. The SMILES string of the molecule is CC(c1ccc(Cl)cc1)N(C)C(=O)Cc1ccc(N2CCCC2=O)cc1. The van der Waals surface area contributed by atoms with Gasteiger partial charge in [0.05, 0.1) is 12.5 Å². The van der Waals surface area contributed by atoms with E-state index in [1.165, 1.54) is 0 Å². The summed E-state index contributed by atoms with van der Waals surface area (Å²) in [6.07, 6.45) is 1.86. The third-order valence-electron chi connectivity index (χ3n) is 5.00. The van der Waals surface area contributed by atoms with Crippen molar-refractivity contribution in [3.05, 3.63) is 64.7 Å². The highest BCUT2D eigenvalue weighted by molar-refractivity contribution is 6.30. The molecule has 0 spiro atoms. The molecule has 1 atom stereocenters. The summed E-state index contributed by atoms with van der Waals surface area (Å²) in [6, 6.07) is 15.2. The van der Waals surface area contributed by atoms with Crippen LogP contribution in [-0.4, -0.2) is 30.3 Å². The van der Waals surface area contributed by atoms with Gasteiger partial charge in [0.2, 0.25) is 11.8 Å². The maximum Gasteiger partial charge on any atom is 0.227 e. The van der Waals surface area contributed by atoms with Crippen LogP contribution < -0.4 is 4.90 Å². The average molecular weight is 371 g/mol. The van der Waals surface area contributed by atoms with Crippen molar-refractivity contribution in [1.29, 1.82) is 0 Å². The predicted molar refractivity (Wildman–Crippen MR) is 104 cm³/mol. The standard InChI is InChI=1S/C21H23ClN2O2/c1-15(17-7-9-18(22)10-8-17)23(2)21(26)14-16-5-11-19(12-6-16)24-13-3-4-20(24)25/h5-12,15H,3-4,13-14H2,1-2H3. The number of likely N-dealkylation sites (N-methyl/N-ethyl adjacent to an activating group) is 1. The first kappa shape index (κ1) is 18.5. The molecule has 26 heavy (non-hydrogen) atoms. The van der Waals surface area contributed by atoms with E-state index >= 15 is 0 Å². The van der Waals surface area contributed by atoms with Crippen LogP contribution in [0.5, 0.6) is 0 Å². The van der Waals surface area contributed by atoms with Crippen molar-refractivity contribution >= 4 is 29.1 Å². The van der Waals surface area contributed by atoms with Gasteiger partial charge in [0.1, 0.15) is 0 Å². The summed E-state index contributed by atoms with van der Waals surface area (Å²) in [5.41, 5.74) is 2.90. The van der Waals surface area contributed by atoms with Gasteiger partial charge in [-0.3, -0.25) is 9.59 Å². The fourth-order valence-electron chi connectivity index (χ4n) is 3.20. The topological polar surface area (TPSA) is 40.6 Å². The Morgan fingerprint density at radius 3 is 2.38 bits per heavy atom. The van der Waals surface area contributed by atoms with Gasteiger partial charge in [0.15, 0.2) is 0 Å². The lowest BCUT2D eigenvalue weighted by Gasteiger charge is -2.25. The van der Waals surface area contributed by atoms with Crippen LogP contribution in [0.4, 0.5) is 5.69 Å². The minimum Gasteiger partial charge on any atom is -0.339 e. The Morgan fingerprint density at radius 1 is 1.15 bits per heavy atom. The maximum atomic E-state index is 12.6. The first-order valence-electron chi connectivity index (χ1n) is 8.86. The minimum atomic E-state index is -0.0266. The van der Waals surface area contributed by atoms with E-state index in [2.05, 4.69) is 0 Å². The van der Waals surface area contributed by atoms with Gasteiger partial charge in [0, 0.05) is 30.7 Å². The number of benzene rings is 2. The van der Waals surface area contributed by atoms with Gasteiger partial charge in [-0.25, -0.2) is 0 Å².